The number of hydrogen-bond donors (Lipinski definition) is 1. The monoisotopic (exact) mass is 374 g/mol. The molecule has 28 heavy (non-hydrogen) atoms. The van der Waals surface area contributed by atoms with E-state index in [9.17, 15) is 4.79 Å². The summed E-state index contributed by atoms with van der Waals surface area (Å²) in [6.45, 7) is 2.09. The molecule has 2 aromatic rings. The Hall–Kier alpha value is -3.08. The van der Waals surface area contributed by atoms with Crippen LogP contribution in [0.1, 0.15) is 35.7 Å². The molecule has 0 saturated heterocycles. The number of rotatable bonds is 7. The number of nitrogen functional groups attached to an aromatic ring is 1. The van der Waals surface area contributed by atoms with E-state index in [4.69, 9.17) is 5.73 Å². The summed E-state index contributed by atoms with van der Waals surface area (Å²) >= 11 is 0. The van der Waals surface area contributed by atoms with Crippen molar-refractivity contribution < 1.29 is 4.79 Å². The molecule has 2 atom stereocenters. The third kappa shape index (κ3) is 4.80. The van der Waals surface area contributed by atoms with Crippen molar-refractivity contribution in [2.75, 3.05) is 12.8 Å². The van der Waals surface area contributed by atoms with Gasteiger partial charge in [0.15, 0.2) is 0 Å². The molecule has 144 valence electrons. The number of ketones is 1. The molecule has 0 aliphatic heterocycles. The highest BCUT2D eigenvalue weighted by Crippen LogP contribution is 2.22. The topological polar surface area (TPSA) is 81.2 Å². The van der Waals surface area contributed by atoms with Gasteiger partial charge in [-0.25, -0.2) is 9.97 Å². The molecule has 3 rings (SSSR count). The summed E-state index contributed by atoms with van der Waals surface area (Å²) in [5.41, 5.74) is 9.85. The number of carbonyl (C=O) groups is 1. The molecule has 1 aliphatic rings. The highest BCUT2D eigenvalue weighted by molar-refractivity contribution is 5.87. The van der Waals surface area contributed by atoms with E-state index in [-0.39, 0.29) is 11.8 Å². The number of benzene rings is 1. The molecule has 0 spiro atoms. The van der Waals surface area contributed by atoms with Crippen LogP contribution in [0.5, 0.6) is 0 Å². The minimum absolute atomic E-state index is 0.00642. The van der Waals surface area contributed by atoms with Gasteiger partial charge >= 0.3 is 0 Å². The van der Waals surface area contributed by atoms with Gasteiger partial charge in [-0.05, 0) is 23.5 Å². The van der Waals surface area contributed by atoms with Crippen molar-refractivity contribution in [1.29, 1.82) is 0 Å². The van der Waals surface area contributed by atoms with Crippen molar-refractivity contribution in [3.05, 3.63) is 77.3 Å². The zero-order valence-electron chi connectivity index (χ0n) is 16.4. The Labute approximate surface area is 166 Å². The molecule has 0 bridgehead atoms. The summed E-state index contributed by atoms with van der Waals surface area (Å²) in [7, 11) is 1.70. The Balaban J connectivity index is 1.68. The van der Waals surface area contributed by atoms with Crippen molar-refractivity contribution >= 4 is 17.8 Å². The summed E-state index contributed by atoms with van der Waals surface area (Å²) in [5, 5.41) is 0. The fourth-order valence-electron chi connectivity index (χ4n) is 3.50. The molecular weight excluding hydrogens is 348 g/mol. The van der Waals surface area contributed by atoms with Gasteiger partial charge in [-0.2, -0.15) is 0 Å². The van der Waals surface area contributed by atoms with Crippen LogP contribution in [0.15, 0.2) is 59.9 Å². The Kier molecular flexibility index (Phi) is 6.48. The van der Waals surface area contributed by atoms with Crippen LogP contribution in [0.25, 0.3) is 0 Å². The standard InChI is InChI=1S/C23H26N4O/c1-16-6-3-4-9-19(16)22(28)11-10-17-7-5-8-18(12-17)13-21-20(14-25-2)23(24)27-15-26-21/h3-9,12,14-16,19H,10-11,13H2,1-2H3,(H2,24,26,27). The first-order valence-electron chi connectivity index (χ1n) is 9.55. The van der Waals surface area contributed by atoms with E-state index in [0.717, 1.165) is 28.8 Å². The number of anilines is 1. The highest BCUT2D eigenvalue weighted by atomic mass is 16.1. The first-order chi connectivity index (χ1) is 13.6. The second kappa shape index (κ2) is 9.22. The molecule has 2 unspecified atom stereocenters. The van der Waals surface area contributed by atoms with E-state index in [1.807, 2.05) is 24.3 Å². The van der Waals surface area contributed by atoms with Gasteiger partial charge in [0, 0.05) is 32.0 Å². The molecule has 0 amide bonds. The third-order valence-electron chi connectivity index (χ3n) is 5.06. The van der Waals surface area contributed by atoms with Gasteiger partial charge in [-0.3, -0.25) is 9.79 Å². The van der Waals surface area contributed by atoms with Crippen molar-refractivity contribution in [3.63, 3.8) is 0 Å². The number of Topliss-reactive ketones (excluding diaryl/α,β-unsaturated/α-hetero) is 1. The minimum Gasteiger partial charge on any atom is -0.383 e. The quantitative estimate of drug-likeness (QED) is 0.751. The van der Waals surface area contributed by atoms with Crippen LogP contribution in [0.3, 0.4) is 0 Å². The average molecular weight is 374 g/mol. The number of aliphatic imine (C=N–C) groups is 1. The summed E-state index contributed by atoms with van der Waals surface area (Å²) in [6.07, 6.45) is 13.2. The average Bonchev–Trinajstić information content (AvgIpc) is 2.69. The molecule has 1 aromatic carbocycles. The number of hydrogen-bond acceptors (Lipinski definition) is 5. The van der Waals surface area contributed by atoms with Gasteiger partial charge in [0.1, 0.15) is 17.9 Å². The Morgan fingerprint density at radius 3 is 2.79 bits per heavy atom. The molecule has 1 aliphatic carbocycles. The Bertz CT molecular complexity index is 930. The summed E-state index contributed by atoms with van der Waals surface area (Å²) in [4.78, 5) is 25.1. The van der Waals surface area contributed by atoms with E-state index in [1.54, 1.807) is 13.3 Å². The van der Waals surface area contributed by atoms with Crippen molar-refractivity contribution in [3.8, 4) is 0 Å². The van der Waals surface area contributed by atoms with Crippen molar-refractivity contribution in [1.82, 2.24) is 9.97 Å². The van der Waals surface area contributed by atoms with Crippen molar-refractivity contribution in [2.45, 2.75) is 26.2 Å². The molecule has 1 heterocycles. The van der Waals surface area contributed by atoms with Crippen molar-refractivity contribution in [2.24, 2.45) is 16.8 Å². The summed E-state index contributed by atoms with van der Waals surface area (Å²) < 4.78 is 0. The summed E-state index contributed by atoms with van der Waals surface area (Å²) in [6, 6.07) is 8.30. The molecule has 5 nitrogen and oxygen atoms in total. The second-order valence-corrected chi connectivity index (χ2v) is 7.12. The van der Waals surface area contributed by atoms with E-state index in [2.05, 4.69) is 46.2 Å². The number of aromatic nitrogens is 2. The third-order valence-corrected chi connectivity index (χ3v) is 5.06. The fourth-order valence-corrected chi connectivity index (χ4v) is 3.50. The maximum absolute atomic E-state index is 12.6. The van der Waals surface area contributed by atoms with Gasteiger partial charge in [0.25, 0.3) is 0 Å². The molecule has 0 fully saturated rings. The smallest absolute Gasteiger partial charge is 0.140 e. The number of carbonyl (C=O) groups excluding carboxylic acids is 1. The van der Waals surface area contributed by atoms with Gasteiger partial charge in [-0.15, -0.1) is 0 Å². The normalized spacial score (nSPS) is 18.6. The molecule has 2 N–H and O–H groups in total. The minimum atomic E-state index is -0.00642. The molecule has 0 saturated carbocycles. The maximum Gasteiger partial charge on any atom is 0.140 e. The predicted molar refractivity (Wildman–Crippen MR) is 113 cm³/mol. The number of nitrogens with zero attached hydrogens (tertiary/aromatic N) is 3. The van der Waals surface area contributed by atoms with Crippen LogP contribution >= 0.6 is 0 Å². The number of nitrogens with two attached hydrogens (primary N) is 1. The Morgan fingerprint density at radius 1 is 1.21 bits per heavy atom. The molecular formula is C23H26N4O. The fraction of sp³-hybridized carbons (Fsp3) is 0.304. The second-order valence-electron chi connectivity index (χ2n) is 7.12. The molecule has 5 heteroatoms. The lowest BCUT2D eigenvalue weighted by atomic mass is 9.84. The Morgan fingerprint density at radius 2 is 2.00 bits per heavy atom. The first kappa shape index (κ1) is 19.7. The van der Waals surface area contributed by atoms with Gasteiger partial charge in [-0.1, -0.05) is 55.5 Å². The predicted octanol–water partition coefficient (Wildman–Crippen LogP) is 3.58. The first-order valence-corrected chi connectivity index (χ1v) is 9.55. The van der Waals surface area contributed by atoms with E-state index in [0.29, 0.717) is 24.4 Å². The van der Waals surface area contributed by atoms with Gasteiger partial charge < -0.3 is 5.73 Å². The van der Waals surface area contributed by atoms with Crippen LogP contribution in [-0.4, -0.2) is 29.0 Å². The molecule has 0 radical (unpaired) electrons. The zero-order chi connectivity index (χ0) is 19.9. The van der Waals surface area contributed by atoms with E-state index < -0.39 is 0 Å². The van der Waals surface area contributed by atoms with Crippen LogP contribution in [0.4, 0.5) is 5.82 Å². The molecule has 1 aromatic heterocycles. The number of aryl methyl sites for hydroxylation is 1. The number of allylic oxidation sites excluding steroid dienone is 4. The van der Waals surface area contributed by atoms with Crippen LogP contribution in [0.2, 0.25) is 0 Å². The maximum atomic E-state index is 12.6. The lowest BCUT2D eigenvalue weighted by Gasteiger charge is -2.19. The SMILES string of the molecule is CN=Cc1c(N)ncnc1Cc1cccc(CCC(=O)C2C=CC=CC2C)c1. The summed E-state index contributed by atoms with van der Waals surface area (Å²) in [5.74, 6) is 0.989. The lowest BCUT2D eigenvalue weighted by molar-refractivity contribution is -0.122. The van der Waals surface area contributed by atoms with Crippen LogP contribution in [-0.2, 0) is 17.6 Å². The zero-order valence-corrected chi connectivity index (χ0v) is 16.4. The highest BCUT2D eigenvalue weighted by Gasteiger charge is 2.21. The largest absolute Gasteiger partial charge is 0.383 e. The van der Waals surface area contributed by atoms with Crippen LogP contribution < -0.4 is 5.73 Å². The van der Waals surface area contributed by atoms with Gasteiger partial charge in [0.2, 0.25) is 0 Å². The van der Waals surface area contributed by atoms with Gasteiger partial charge in [0.05, 0.1) is 11.3 Å². The van der Waals surface area contributed by atoms with Crippen LogP contribution in [0, 0.1) is 11.8 Å². The lowest BCUT2D eigenvalue weighted by Crippen LogP contribution is -2.20. The van der Waals surface area contributed by atoms with E-state index in [1.165, 1.54) is 6.33 Å². The van der Waals surface area contributed by atoms with E-state index >= 15 is 0 Å².